The molecule has 3 nitrogen and oxygen atoms in total. The third-order valence-corrected chi connectivity index (χ3v) is 2.69. The molecule has 0 spiro atoms. The summed E-state index contributed by atoms with van der Waals surface area (Å²) in [5, 5.41) is 8.89. The molecule has 0 amide bonds. The largest absolute Gasteiger partial charge is 0.490 e. The van der Waals surface area contributed by atoms with Crippen LogP contribution in [0.1, 0.15) is 36.7 Å². The zero-order valence-electron chi connectivity index (χ0n) is 10.2. The molecule has 3 heteroatoms. The zero-order chi connectivity index (χ0) is 12.3. The molecular weight excluding hydrogens is 204 g/mol. The lowest BCUT2D eigenvalue weighted by molar-refractivity contribution is 0.0696. The highest BCUT2D eigenvalue weighted by atomic mass is 16.5. The monoisotopic (exact) mass is 222 g/mol. The van der Waals surface area contributed by atoms with Gasteiger partial charge in [0.2, 0.25) is 0 Å². The minimum Gasteiger partial charge on any atom is -0.490 e. The Morgan fingerprint density at radius 3 is 2.38 bits per heavy atom. The van der Waals surface area contributed by atoms with Crippen molar-refractivity contribution in [1.29, 1.82) is 0 Å². The molecule has 88 valence electrons. The SMILES string of the molecule is Cc1cc(OC(C)C(C)C)ccc1C(=O)O. The number of carboxylic acids is 1. The van der Waals surface area contributed by atoms with E-state index in [1.807, 2.05) is 6.92 Å². The molecule has 0 saturated heterocycles. The lowest BCUT2D eigenvalue weighted by atomic mass is 10.1. The Morgan fingerprint density at radius 1 is 1.31 bits per heavy atom. The van der Waals surface area contributed by atoms with Gasteiger partial charge in [-0.1, -0.05) is 13.8 Å². The van der Waals surface area contributed by atoms with E-state index in [2.05, 4.69) is 13.8 Å². The average molecular weight is 222 g/mol. The van der Waals surface area contributed by atoms with E-state index in [1.165, 1.54) is 0 Å². The number of aromatic carboxylic acids is 1. The normalized spacial score (nSPS) is 12.6. The maximum atomic E-state index is 10.8. The number of hydrogen-bond acceptors (Lipinski definition) is 2. The molecule has 16 heavy (non-hydrogen) atoms. The summed E-state index contributed by atoms with van der Waals surface area (Å²) in [4.78, 5) is 10.8. The summed E-state index contributed by atoms with van der Waals surface area (Å²) < 4.78 is 5.70. The minimum atomic E-state index is -0.902. The summed E-state index contributed by atoms with van der Waals surface area (Å²) in [6, 6.07) is 5.05. The first kappa shape index (κ1) is 12.6. The maximum absolute atomic E-state index is 10.8. The van der Waals surface area contributed by atoms with Crippen molar-refractivity contribution >= 4 is 5.97 Å². The molecule has 0 fully saturated rings. The number of hydrogen-bond donors (Lipinski definition) is 1. The summed E-state index contributed by atoms with van der Waals surface area (Å²) in [5.74, 6) is 0.254. The highest BCUT2D eigenvalue weighted by Gasteiger charge is 2.11. The van der Waals surface area contributed by atoms with E-state index in [0.29, 0.717) is 11.5 Å². The third kappa shape index (κ3) is 2.99. The number of aryl methyl sites for hydroxylation is 1. The number of carbonyl (C=O) groups is 1. The molecular formula is C13H18O3. The number of ether oxygens (including phenoxy) is 1. The van der Waals surface area contributed by atoms with Crippen molar-refractivity contribution in [2.24, 2.45) is 5.92 Å². The zero-order valence-corrected chi connectivity index (χ0v) is 10.2. The topological polar surface area (TPSA) is 46.5 Å². The van der Waals surface area contributed by atoms with E-state index in [-0.39, 0.29) is 6.10 Å². The van der Waals surface area contributed by atoms with Gasteiger partial charge < -0.3 is 9.84 Å². The van der Waals surface area contributed by atoms with Crippen LogP contribution in [0.25, 0.3) is 0 Å². The first-order valence-electron chi connectivity index (χ1n) is 5.42. The van der Waals surface area contributed by atoms with Crippen LogP contribution in [0.2, 0.25) is 0 Å². The molecule has 0 aromatic heterocycles. The Balaban J connectivity index is 2.85. The standard InChI is InChI=1S/C13H18O3/c1-8(2)10(4)16-11-5-6-12(13(14)15)9(3)7-11/h5-8,10H,1-4H3,(H,14,15). The van der Waals surface area contributed by atoms with Gasteiger partial charge in [0.15, 0.2) is 0 Å². The summed E-state index contributed by atoms with van der Waals surface area (Å²) in [6.45, 7) is 7.95. The number of benzene rings is 1. The molecule has 1 unspecified atom stereocenters. The fourth-order valence-corrected chi connectivity index (χ4v) is 1.30. The van der Waals surface area contributed by atoms with Gasteiger partial charge in [-0.3, -0.25) is 0 Å². The summed E-state index contributed by atoms with van der Waals surface area (Å²) in [6.07, 6.45) is 0.120. The van der Waals surface area contributed by atoms with Crippen LogP contribution in [0.15, 0.2) is 18.2 Å². The summed E-state index contributed by atoms with van der Waals surface area (Å²) in [5.41, 5.74) is 1.05. The molecule has 1 aromatic rings. The van der Waals surface area contributed by atoms with Gasteiger partial charge in [-0.2, -0.15) is 0 Å². The van der Waals surface area contributed by atoms with Crippen LogP contribution in [0.5, 0.6) is 5.75 Å². The molecule has 0 saturated carbocycles. The fraction of sp³-hybridized carbons (Fsp3) is 0.462. The van der Waals surface area contributed by atoms with E-state index in [0.717, 1.165) is 11.3 Å². The van der Waals surface area contributed by atoms with Crippen molar-refractivity contribution < 1.29 is 14.6 Å². The lowest BCUT2D eigenvalue weighted by Crippen LogP contribution is -2.18. The summed E-state index contributed by atoms with van der Waals surface area (Å²) >= 11 is 0. The van der Waals surface area contributed by atoms with Gasteiger partial charge in [-0.05, 0) is 43.5 Å². The summed E-state index contributed by atoms with van der Waals surface area (Å²) in [7, 11) is 0. The van der Waals surface area contributed by atoms with Gasteiger partial charge in [0, 0.05) is 0 Å². The average Bonchev–Trinajstić information content (AvgIpc) is 2.16. The van der Waals surface area contributed by atoms with E-state index in [4.69, 9.17) is 9.84 Å². The molecule has 1 N–H and O–H groups in total. The van der Waals surface area contributed by atoms with Crippen molar-refractivity contribution in [2.45, 2.75) is 33.8 Å². The van der Waals surface area contributed by atoms with Crippen molar-refractivity contribution in [2.75, 3.05) is 0 Å². The molecule has 0 aliphatic carbocycles. The van der Waals surface area contributed by atoms with Gasteiger partial charge in [0.1, 0.15) is 5.75 Å². The number of rotatable bonds is 4. The quantitative estimate of drug-likeness (QED) is 0.851. The van der Waals surface area contributed by atoms with Gasteiger partial charge in [-0.25, -0.2) is 4.79 Å². The highest BCUT2D eigenvalue weighted by Crippen LogP contribution is 2.20. The maximum Gasteiger partial charge on any atom is 0.335 e. The second kappa shape index (κ2) is 5.01. The second-order valence-electron chi connectivity index (χ2n) is 4.35. The van der Waals surface area contributed by atoms with Gasteiger partial charge in [0.25, 0.3) is 0 Å². The van der Waals surface area contributed by atoms with Crippen LogP contribution >= 0.6 is 0 Å². The van der Waals surface area contributed by atoms with Crippen LogP contribution in [0.3, 0.4) is 0 Å². The predicted molar refractivity (Wildman–Crippen MR) is 63.1 cm³/mol. The minimum absolute atomic E-state index is 0.120. The number of carboxylic acid groups (broad SMARTS) is 1. The Bertz CT molecular complexity index is 383. The second-order valence-corrected chi connectivity index (χ2v) is 4.35. The van der Waals surface area contributed by atoms with Gasteiger partial charge in [-0.15, -0.1) is 0 Å². The first-order valence-corrected chi connectivity index (χ1v) is 5.42. The van der Waals surface area contributed by atoms with Crippen LogP contribution in [-0.2, 0) is 0 Å². The Morgan fingerprint density at radius 2 is 1.94 bits per heavy atom. The van der Waals surface area contributed by atoms with Crippen molar-refractivity contribution in [3.05, 3.63) is 29.3 Å². The highest BCUT2D eigenvalue weighted by molar-refractivity contribution is 5.89. The van der Waals surface area contributed by atoms with Crippen LogP contribution < -0.4 is 4.74 Å². The predicted octanol–water partition coefficient (Wildman–Crippen LogP) is 3.12. The Hall–Kier alpha value is -1.51. The smallest absolute Gasteiger partial charge is 0.335 e. The fourth-order valence-electron chi connectivity index (χ4n) is 1.30. The van der Waals surface area contributed by atoms with E-state index in [1.54, 1.807) is 25.1 Å². The molecule has 0 heterocycles. The molecule has 0 radical (unpaired) electrons. The van der Waals surface area contributed by atoms with Crippen molar-refractivity contribution in [1.82, 2.24) is 0 Å². The van der Waals surface area contributed by atoms with E-state index >= 15 is 0 Å². The third-order valence-electron chi connectivity index (χ3n) is 2.69. The van der Waals surface area contributed by atoms with Gasteiger partial charge in [0.05, 0.1) is 11.7 Å². The van der Waals surface area contributed by atoms with E-state index in [9.17, 15) is 4.79 Å². The van der Waals surface area contributed by atoms with Crippen LogP contribution in [-0.4, -0.2) is 17.2 Å². The first-order chi connectivity index (χ1) is 7.41. The van der Waals surface area contributed by atoms with E-state index < -0.39 is 5.97 Å². The van der Waals surface area contributed by atoms with Gasteiger partial charge >= 0.3 is 5.97 Å². The molecule has 0 aliphatic rings. The van der Waals surface area contributed by atoms with Crippen molar-refractivity contribution in [3.63, 3.8) is 0 Å². The molecule has 0 aliphatic heterocycles. The molecule has 0 bridgehead atoms. The Kier molecular flexibility index (Phi) is 3.93. The van der Waals surface area contributed by atoms with Crippen LogP contribution in [0, 0.1) is 12.8 Å². The molecule has 1 atom stereocenters. The lowest BCUT2D eigenvalue weighted by Gasteiger charge is -2.18. The van der Waals surface area contributed by atoms with Crippen LogP contribution in [0.4, 0.5) is 0 Å². The molecule has 1 rings (SSSR count). The Labute approximate surface area is 96.1 Å². The van der Waals surface area contributed by atoms with Crippen molar-refractivity contribution in [3.8, 4) is 5.75 Å². The molecule has 1 aromatic carbocycles.